The van der Waals surface area contributed by atoms with Crippen LogP contribution in [-0.2, 0) is 4.79 Å². The lowest BCUT2D eigenvalue weighted by Crippen LogP contribution is -2.25. The van der Waals surface area contributed by atoms with Crippen LogP contribution in [0, 0.1) is 25.6 Å². The lowest BCUT2D eigenvalue weighted by atomic mass is 9.78. The molecule has 2 N–H and O–H groups in total. The van der Waals surface area contributed by atoms with Crippen molar-refractivity contribution in [2.45, 2.75) is 59.3 Å². The summed E-state index contributed by atoms with van der Waals surface area (Å²) < 4.78 is 18.9. The fraction of sp³-hybridized carbons (Fsp3) is 0.375. The Labute approximate surface area is 225 Å². The summed E-state index contributed by atoms with van der Waals surface area (Å²) in [6, 6.07) is 17.0. The number of halogens is 1. The van der Waals surface area contributed by atoms with E-state index < -0.39 is 0 Å². The number of aryl methyl sites for hydroxylation is 2. The second-order valence-corrected chi connectivity index (χ2v) is 9.52. The molecule has 0 unspecified atom stereocenters. The Hall–Kier alpha value is -3.67. The molecule has 4 aromatic rings. The molecule has 2 heterocycles. The molecule has 6 heteroatoms. The van der Waals surface area contributed by atoms with E-state index in [1.54, 1.807) is 19.2 Å². The topological polar surface area (TPSA) is 67.0 Å². The van der Waals surface area contributed by atoms with Gasteiger partial charge in [0.1, 0.15) is 11.6 Å². The molecule has 1 aliphatic rings. The number of methoxy groups -OCH3 is 1. The van der Waals surface area contributed by atoms with Gasteiger partial charge in [-0.15, -0.1) is 0 Å². The standard InChI is InChI=1S/C17H19FN2O.C13H15NO.C2H6/c18-14-5-6-17-16(9-14)15(7-8-20-17)13-3-1-12(2-4-13)10-19-11-21;1-9-8-10(2)14-13(9)11-6-4-5-7-12(11)15-3;1-2/h5-9,11-13H,1-4,10H2,(H,19,21);4-8,14H,1-3H3;1-2H3. The summed E-state index contributed by atoms with van der Waals surface area (Å²) in [6.45, 7) is 8.93. The average molecular weight is 518 g/mol. The first kappa shape index (κ1) is 28.9. The van der Waals surface area contributed by atoms with Gasteiger partial charge >= 0.3 is 0 Å². The summed E-state index contributed by atoms with van der Waals surface area (Å²) in [5.41, 5.74) is 6.75. The van der Waals surface area contributed by atoms with Gasteiger partial charge in [0, 0.05) is 29.4 Å². The summed E-state index contributed by atoms with van der Waals surface area (Å²) in [6.07, 6.45) is 6.96. The molecule has 1 aliphatic carbocycles. The highest BCUT2D eigenvalue weighted by Crippen LogP contribution is 2.38. The molecule has 2 aromatic heterocycles. The molecule has 1 saturated carbocycles. The number of nitrogens with one attached hydrogen (secondary N) is 2. The number of para-hydroxylation sites is 1. The van der Waals surface area contributed by atoms with Crippen LogP contribution in [0.15, 0.2) is 60.8 Å². The summed E-state index contributed by atoms with van der Waals surface area (Å²) >= 11 is 0. The number of aromatic amines is 1. The predicted octanol–water partition coefficient (Wildman–Crippen LogP) is 7.73. The van der Waals surface area contributed by atoms with Crippen molar-refractivity contribution in [3.05, 3.63) is 83.4 Å². The van der Waals surface area contributed by atoms with Crippen molar-refractivity contribution >= 4 is 17.3 Å². The molecule has 0 bridgehead atoms. The van der Waals surface area contributed by atoms with E-state index in [9.17, 15) is 9.18 Å². The van der Waals surface area contributed by atoms with Gasteiger partial charge in [0.2, 0.25) is 6.41 Å². The van der Waals surface area contributed by atoms with Gasteiger partial charge in [-0.1, -0.05) is 26.0 Å². The first-order valence-corrected chi connectivity index (χ1v) is 13.5. The lowest BCUT2D eigenvalue weighted by molar-refractivity contribution is -0.109. The number of pyridine rings is 1. The molecule has 5 rings (SSSR count). The van der Waals surface area contributed by atoms with Crippen molar-refractivity contribution < 1.29 is 13.9 Å². The van der Waals surface area contributed by atoms with Crippen molar-refractivity contribution in [1.82, 2.24) is 15.3 Å². The van der Waals surface area contributed by atoms with Crippen LogP contribution in [0.3, 0.4) is 0 Å². The highest BCUT2D eigenvalue weighted by molar-refractivity contribution is 5.82. The van der Waals surface area contributed by atoms with Gasteiger partial charge in [-0.25, -0.2) is 4.39 Å². The third kappa shape index (κ3) is 7.21. The van der Waals surface area contributed by atoms with Crippen LogP contribution in [0.25, 0.3) is 22.2 Å². The highest BCUT2D eigenvalue weighted by Gasteiger charge is 2.23. The molecule has 38 heavy (non-hydrogen) atoms. The largest absolute Gasteiger partial charge is 0.496 e. The number of H-pyrrole nitrogens is 1. The Bertz CT molecular complexity index is 1310. The molecule has 5 nitrogen and oxygen atoms in total. The molecule has 0 saturated heterocycles. The number of fused-ring (bicyclic) bond motifs is 1. The number of hydrogen-bond acceptors (Lipinski definition) is 3. The molecule has 1 amide bonds. The van der Waals surface area contributed by atoms with E-state index in [-0.39, 0.29) is 5.82 Å². The number of nitrogens with zero attached hydrogens (tertiary/aromatic N) is 1. The van der Waals surface area contributed by atoms with E-state index in [4.69, 9.17) is 4.74 Å². The van der Waals surface area contributed by atoms with Gasteiger partial charge in [-0.3, -0.25) is 9.78 Å². The Morgan fingerprint density at radius 3 is 2.45 bits per heavy atom. The van der Waals surface area contributed by atoms with Gasteiger partial charge in [0.25, 0.3) is 0 Å². The van der Waals surface area contributed by atoms with E-state index in [0.717, 1.165) is 66.5 Å². The van der Waals surface area contributed by atoms with Gasteiger partial charge < -0.3 is 15.0 Å². The summed E-state index contributed by atoms with van der Waals surface area (Å²) in [5.74, 6) is 1.73. The minimum absolute atomic E-state index is 0.208. The molecule has 0 spiro atoms. The second-order valence-electron chi connectivity index (χ2n) is 9.52. The van der Waals surface area contributed by atoms with E-state index in [0.29, 0.717) is 11.8 Å². The first-order chi connectivity index (χ1) is 18.5. The third-order valence-electron chi connectivity index (χ3n) is 7.04. The van der Waals surface area contributed by atoms with Crippen LogP contribution in [0.1, 0.15) is 62.3 Å². The van der Waals surface area contributed by atoms with Gasteiger partial charge in [-0.2, -0.15) is 0 Å². The van der Waals surface area contributed by atoms with Crippen LogP contribution in [0.4, 0.5) is 4.39 Å². The van der Waals surface area contributed by atoms with Crippen LogP contribution < -0.4 is 10.1 Å². The summed E-state index contributed by atoms with van der Waals surface area (Å²) in [7, 11) is 1.70. The van der Waals surface area contributed by atoms with Gasteiger partial charge in [-0.05, 0) is 105 Å². The molecule has 2 aromatic carbocycles. The maximum absolute atomic E-state index is 13.5. The number of aromatic nitrogens is 2. The number of rotatable bonds is 6. The quantitative estimate of drug-likeness (QED) is 0.257. The zero-order valence-electron chi connectivity index (χ0n) is 23.2. The fourth-order valence-corrected chi connectivity index (χ4v) is 5.25. The Balaban J connectivity index is 0.000000208. The third-order valence-corrected chi connectivity index (χ3v) is 7.04. The minimum Gasteiger partial charge on any atom is -0.496 e. The molecule has 0 atom stereocenters. The number of benzene rings is 2. The number of ether oxygens (including phenoxy) is 1. The van der Waals surface area contributed by atoms with Crippen molar-refractivity contribution in [3.8, 4) is 17.0 Å². The number of carbonyl (C=O) groups excluding carboxylic acids is 1. The zero-order chi connectivity index (χ0) is 27.5. The van der Waals surface area contributed by atoms with E-state index in [2.05, 4.69) is 41.3 Å². The van der Waals surface area contributed by atoms with Crippen molar-refractivity contribution in [2.75, 3.05) is 13.7 Å². The number of amides is 1. The smallest absolute Gasteiger partial charge is 0.207 e. The monoisotopic (exact) mass is 517 g/mol. The van der Waals surface area contributed by atoms with E-state index >= 15 is 0 Å². The molecule has 0 radical (unpaired) electrons. The zero-order valence-corrected chi connectivity index (χ0v) is 23.2. The Morgan fingerprint density at radius 2 is 1.79 bits per heavy atom. The second kappa shape index (κ2) is 14.3. The molecular weight excluding hydrogens is 477 g/mol. The normalized spacial score (nSPS) is 16.5. The maximum Gasteiger partial charge on any atom is 0.207 e. The lowest BCUT2D eigenvalue weighted by Gasteiger charge is -2.29. The number of carbonyl (C=O) groups is 1. The van der Waals surface area contributed by atoms with E-state index in [1.165, 1.54) is 22.9 Å². The van der Waals surface area contributed by atoms with Crippen molar-refractivity contribution in [3.63, 3.8) is 0 Å². The molecule has 202 valence electrons. The van der Waals surface area contributed by atoms with Gasteiger partial charge in [0.15, 0.2) is 0 Å². The fourth-order valence-electron chi connectivity index (χ4n) is 5.25. The maximum atomic E-state index is 13.5. The first-order valence-electron chi connectivity index (χ1n) is 13.5. The Morgan fingerprint density at radius 1 is 1.05 bits per heavy atom. The Kier molecular flexibility index (Phi) is 10.9. The predicted molar refractivity (Wildman–Crippen MR) is 154 cm³/mol. The molecular formula is C32H40FN3O2. The van der Waals surface area contributed by atoms with Crippen LogP contribution in [0.5, 0.6) is 5.75 Å². The molecule has 1 fully saturated rings. The average Bonchev–Trinajstić information content (AvgIpc) is 3.30. The van der Waals surface area contributed by atoms with Gasteiger partial charge in [0.05, 0.1) is 18.3 Å². The minimum atomic E-state index is -0.208. The highest BCUT2D eigenvalue weighted by atomic mass is 19.1. The van der Waals surface area contributed by atoms with Crippen LogP contribution in [0.2, 0.25) is 0 Å². The summed E-state index contributed by atoms with van der Waals surface area (Å²) in [5, 5.41) is 3.71. The summed E-state index contributed by atoms with van der Waals surface area (Å²) in [4.78, 5) is 18.0. The van der Waals surface area contributed by atoms with Crippen molar-refractivity contribution in [1.29, 1.82) is 0 Å². The van der Waals surface area contributed by atoms with Crippen LogP contribution >= 0.6 is 0 Å². The number of hydrogen-bond donors (Lipinski definition) is 2. The van der Waals surface area contributed by atoms with Crippen LogP contribution in [-0.4, -0.2) is 30.0 Å². The molecule has 0 aliphatic heterocycles. The van der Waals surface area contributed by atoms with E-state index in [1.807, 2.05) is 44.3 Å². The van der Waals surface area contributed by atoms with Crippen molar-refractivity contribution in [2.24, 2.45) is 5.92 Å². The SMILES string of the molecule is CC.COc1ccccc1-c1[nH]c(C)cc1C.O=CNCC1CCC(c2ccnc3ccc(F)cc23)CC1.